The van der Waals surface area contributed by atoms with E-state index in [4.69, 9.17) is 0 Å². The number of anilines is 3. The van der Waals surface area contributed by atoms with Crippen molar-refractivity contribution in [2.75, 3.05) is 4.90 Å². The van der Waals surface area contributed by atoms with Crippen LogP contribution in [0.4, 0.5) is 17.1 Å². The minimum Gasteiger partial charge on any atom is -0.310 e. The molecule has 3 aliphatic rings. The molecular weight excluding hydrogens is 1130 g/mol. The molecule has 0 radical (unpaired) electrons. The molecular formula is C92H84N2. The maximum atomic E-state index is 2.64. The van der Waals surface area contributed by atoms with Gasteiger partial charge in [0.15, 0.2) is 0 Å². The number of para-hydroxylation sites is 1. The first kappa shape index (κ1) is 59.3. The van der Waals surface area contributed by atoms with Gasteiger partial charge in [-0.25, -0.2) is 0 Å². The molecule has 16 rings (SSSR count). The Labute approximate surface area is 557 Å². The normalized spacial score (nSPS) is 13.4. The van der Waals surface area contributed by atoms with E-state index in [9.17, 15) is 0 Å². The molecule has 0 saturated carbocycles. The van der Waals surface area contributed by atoms with Crippen molar-refractivity contribution >= 4 is 38.9 Å². The summed E-state index contributed by atoms with van der Waals surface area (Å²) in [5, 5.41) is 2.51. The van der Waals surface area contributed by atoms with E-state index in [1.54, 1.807) is 11.1 Å². The molecule has 0 fully saturated rings. The van der Waals surface area contributed by atoms with Crippen LogP contribution in [-0.4, -0.2) is 4.57 Å². The first-order valence-electron chi connectivity index (χ1n) is 35.3. The monoisotopic (exact) mass is 1220 g/mol. The molecule has 0 atom stereocenters. The first-order chi connectivity index (χ1) is 46.3. The summed E-state index contributed by atoms with van der Waals surface area (Å²) >= 11 is 0. The topological polar surface area (TPSA) is 8.17 Å². The lowest BCUT2D eigenvalue weighted by atomic mass is 9.70. The molecule has 0 amide bonds. The van der Waals surface area contributed by atoms with Crippen LogP contribution in [0.1, 0.15) is 148 Å². The van der Waals surface area contributed by atoms with E-state index in [1.165, 1.54) is 218 Å². The number of nitrogens with zero attached hydrogens (tertiary/aromatic N) is 2. The quantitative estimate of drug-likeness (QED) is 0.0651. The third-order valence-corrected chi connectivity index (χ3v) is 21.7. The lowest BCUT2D eigenvalue weighted by Crippen LogP contribution is -2.26. The molecule has 0 saturated heterocycles. The van der Waals surface area contributed by atoms with Crippen LogP contribution in [0, 0.1) is 13.8 Å². The second-order valence-corrected chi connectivity index (χ2v) is 27.5. The van der Waals surface area contributed by atoms with Gasteiger partial charge in [-0.05, 0) is 205 Å². The van der Waals surface area contributed by atoms with Crippen molar-refractivity contribution in [2.24, 2.45) is 0 Å². The number of hydrogen-bond acceptors (Lipinski definition) is 1. The summed E-state index contributed by atoms with van der Waals surface area (Å²) < 4.78 is 2.52. The Kier molecular flexibility index (Phi) is 15.7. The van der Waals surface area contributed by atoms with Gasteiger partial charge in [-0.2, -0.15) is 0 Å². The third kappa shape index (κ3) is 10.1. The maximum absolute atomic E-state index is 2.64. The Bertz CT molecular complexity index is 4880. The smallest absolute Gasteiger partial charge is 0.0726 e. The molecule has 2 heteroatoms. The summed E-state index contributed by atoms with van der Waals surface area (Å²) in [5.74, 6) is 0. The SMILES string of the molecule is CCCCCCCCC1(CCCCCCCC)c2cc(C)ccc2-c2ccc(-c3cc(C)cc(-n4c5ccccc5c5cc(-c6ccc(N(c7ccc(-c8ccccc8)cc7)c7ccc8c(c7)C7(c9ccccc9-c9ccccc97)c7ccccc7-8)cc6)ccc54)c3)cc21. The lowest BCUT2D eigenvalue weighted by molar-refractivity contribution is 0.398. The highest BCUT2D eigenvalue weighted by molar-refractivity contribution is 6.11. The molecule has 13 aromatic rings. The Morgan fingerprint density at radius 3 is 1.38 bits per heavy atom. The van der Waals surface area contributed by atoms with E-state index in [1.807, 2.05) is 0 Å². The molecule has 1 aromatic heterocycles. The second kappa shape index (κ2) is 24.9. The Morgan fingerprint density at radius 2 is 0.745 bits per heavy atom. The molecule has 12 aromatic carbocycles. The predicted molar refractivity (Wildman–Crippen MR) is 400 cm³/mol. The van der Waals surface area contributed by atoms with Gasteiger partial charge in [0, 0.05) is 38.9 Å². The fraction of sp³-hybridized carbons (Fsp3) is 0.217. The first-order valence-corrected chi connectivity index (χ1v) is 35.3. The van der Waals surface area contributed by atoms with E-state index in [0.717, 1.165) is 17.1 Å². The lowest BCUT2D eigenvalue weighted by Gasteiger charge is -2.33. The summed E-state index contributed by atoms with van der Waals surface area (Å²) in [5.41, 5.74) is 33.2. The average Bonchev–Trinajstić information content (AvgIpc) is 1.51. The largest absolute Gasteiger partial charge is 0.310 e. The van der Waals surface area contributed by atoms with Gasteiger partial charge in [0.2, 0.25) is 0 Å². The van der Waals surface area contributed by atoms with E-state index in [-0.39, 0.29) is 5.41 Å². The third-order valence-electron chi connectivity index (χ3n) is 21.7. The molecule has 0 aliphatic heterocycles. The number of fused-ring (bicyclic) bond motifs is 16. The summed E-state index contributed by atoms with van der Waals surface area (Å²) in [7, 11) is 0. The Hall–Kier alpha value is -9.76. The van der Waals surface area contributed by atoms with Crippen LogP contribution >= 0.6 is 0 Å². The minimum absolute atomic E-state index is 0.0185. The van der Waals surface area contributed by atoms with Gasteiger partial charge >= 0.3 is 0 Å². The van der Waals surface area contributed by atoms with Crippen molar-refractivity contribution in [2.45, 2.75) is 128 Å². The number of rotatable bonds is 21. The predicted octanol–water partition coefficient (Wildman–Crippen LogP) is 26.0. The van der Waals surface area contributed by atoms with Crippen molar-refractivity contribution in [3.8, 4) is 72.4 Å². The Morgan fingerprint density at radius 1 is 0.287 bits per heavy atom. The molecule has 0 bridgehead atoms. The highest BCUT2D eigenvalue weighted by Gasteiger charge is 2.52. The van der Waals surface area contributed by atoms with E-state index in [2.05, 4.69) is 304 Å². The van der Waals surface area contributed by atoms with Gasteiger partial charge in [-0.15, -0.1) is 0 Å². The number of hydrogen-bond donors (Lipinski definition) is 0. The van der Waals surface area contributed by atoms with Crippen molar-refractivity contribution in [1.29, 1.82) is 0 Å². The van der Waals surface area contributed by atoms with Gasteiger partial charge in [0.25, 0.3) is 0 Å². The van der Waals surface area contributed by atoms with Crippen molar-refractivity contribution in [3.63, 3.8) is 0 Å². The van der Waals surface area contributed by atoms with Crippen molar-refractivity contribution in [1.82, 2.24) is 4.57 Å². The molecule has 462 valence electrons. The van der Waals surface area contributed by atoms with Crippen LogP contribution in [0.15, 0.2) is 267 Å². The van der Waals surface area contributed by atoms with Crippen LogP contribution in [0.3, 0.4) is 0 Å². The fourth-order valence-electron chi connectivity index (χ4n) is 17.3. The Balaban J connectivity index is 0.763. The number of unbranched alkanes of at least 4 members (excludes halogenated alkanes) is 10. The van der Waals surface area contributed by atoms with Crippen LogP contribution in [0.2, 0.25) is 0 Å². The van der Waals surface area contributed by atoms with Crippen LogP contribution in [-0.2, 0) is 10.8 Å². The minimum atomic E-state index is -0.451. The molecule has 3 aliphatic carbocycles. The maximum Gasteiger partial charge on any atom is 0.0726 e. The average molecular weight is 1220 g/mol. The van der Waals surface area contributed by atoms with Crippen molar-refractivity contribution in [3.05, 3.63) is 311 Å². The zero-order valence-corrected chi connectivity index (χ0v) is 55.2. The van der Waals surface area contributed by atoms with Crippen LogP contribution in [0.5, 0.6) is 0 Å². The number of benzene rings is 12. The standard InChI is InChI=1S/C92H84N2/c1-5-7-9-11-13-26-54-91(55-27-14-12-10-8-6-2)86-58-63(3)38-50-78(86)79-51-43-69(61-87(79)91)70-56-64(4)57-74(59-70)94-89-37-25-21-33-81(89)82-60-68(44-53-90(82)94)67-41-47-72(48-42-67)93(71-45-39-66(40-46-71)65-28-16-15-17-29-65)73-49-52-80-77-32-20-24-36-85(77)92(88(80)62-73)83-34-22-18-30-75(83)76-31-19-23-35-84(76)92/h15-25,28-53,56-62H,5-14,26-27,54-55H2,1-4H3. The summed E-state index contributed by atoms with van der Waals surface area (Å²) in [6.45, 7) is 9.24. The van der Waals surface area contributed by atoms with E-state index in [0.29, 0.717) is 0 Å². The van der Waals surface area contributed by atoms with Gasteiger partial charge in [0.1, 0.15) is 0 Å². The molecule has 0 unspecified atom stereocenters. The highest BCUT2D eigenvalue weighted by atomic mass is 15.1. The van der Waals surface area contributed by atoms with E-state index < -0.39 is 5.41 Å². The molecule has 94 heavy (non-hydrogen) atoms. The van der Waals surface area contributed by atoms with Gasteiger partial charge < -0.3 is 9.47 Å². The van der Waals surface area contributed by atoms with Gasteiger partial charge in [0.05, 0.1) is 16.4 Å². The van der Waals surface area contributed by atoms with Crippen molar-refractivity contribution < 1.29 is 0 Å². The van der Waals surface area contributed by atoms with Crippen LogP contribution < -0.4 is 4.90 Å². The summed E-state index contributed by atoms with van der Waals surface area (Å²) in [6, 6.07) is 102. The summed E-state index contributed by atoms with van der Waals surface area (Å²) in [6.07, 6.45) is 18.2. The highest BCUT2D eigenvalue weighted by Crippen LogP contribution is 2.64. The summed E-state index contributed by atoms with van der Waals surface area (Å²) in [4.78, 5) is 2.46. The fourth-order valence-corrected chi connectivity index (χ4v) is 17.3. The number of aryl methyl sites for hydroxylation is 2. The zero-order valence-electron chi connectivity index (χ0n) is 55.2. The molecule has 1 heterocycles. The molecule has 1 spiro atoms. The zero-order chi connectivity index (χ0) is 63.3. The van der Waals surface area contributed by atoms with Gasteiger partial charge in [-0.3, -0.25) is 0 Å². The van der Waals surface area contributed by atoms with Gasteiger partial charge in [-0.1, -0.05) is 291 Å². The second-order valence-electron chi connectivity index (χ2n) is 27.5. The van der Waals surface area contributed by atoms with E-state index >= 15 is 0 Å². The number of aromatic nitrogens is 1. The molecule has 0 N–H and O–H groups in total. The van der Waals surface area contributed by atoms with Crippen LogP contribution in [0.25, 0.3) is 94.3 Å². The molecule has 2 nitrogen and oxygen atoms in total.